The zero-order chi connectivity index (χ0) is 12.8. The van der Waals surface area contributed by atoms with Gasteiger partial charge in [-0.1, -0.05) is 26.0 Å². The first kappa shape index (κ1) is 12.1. The third-order valence-corrected chi connectivity index (χ3v) is 3.83. The Labute approximate surface area is 103 Å². The first-order valence-corrected chi connectivity index (χ1v) is 5.93. The quantitative estimate of drug-likeness (QED) is 0.845. The highest BCUT2D eigenvalue weighted by atomic mass is 16.2. The average Bonchev–Trinajstić information content (AvgIpc) is 2.77. The van der Waals surface area contributed by atoms with Crippen molar-refractivity contribution in [2.45, 2.75) is 25.8 Å². The van der Waals surface area contributed by atoms with Crippen LogP contribution < -0.4 is 5.73 Å². The van der Waals surface area contributed by atoms with Crippen LogP contribution in [0, 0.1) is 5.41 Å². The Bertz CT molecular complexity index is 434. The highest BCUT2D eigenvalue weighted by Gasteiger charge is 2.55. The number of rotatable bonds is 2. The minimum Gasteiger partial charge on any atom is -0.345 e. The van der Waals surface area contributed by atoms with E-state index in [1.165, 1.54) is 5.56 Å². The Hall–Kier alpha value is -1.35. The van der Waals surface area contributed by atoms with E-state index in [1.807, 2.05) is 24.3 Å². The first-order chi connectivity index (χ1) is 7.85. The lowest BCUT2D eigenvalue weighted by Crippen LogP contribution is -2.21. The summed E-state index contributed by atoms with van der Waals surface area (Å²) in [5, 5.41) is 0. The minimum absolute atomic E-state index is 0.0379. The van der Waals surface area contributed by atoms with Gasteiger partial charge in [-0.2, -0.15) is 0 Å². The molecule has 2 atom stereocenters. The largest absolute Gasteiger partial charge is 0.345 e. The van der Waals surface area contributed by atoms with Gasteiger partial charge in [0.25, 0.3) is 5.91 Å². The molecule has 17 heavy (non-hydrogen) atoms. The molecule has 92 valence electrons. The Balaban J connectivity index is 2.18. The number of carbonyl (C=O) groups is 1. The predicted octanol–water partition coefficient (Wildman–Crippen LogP) is 1.84. The standard InChI is InChI=1S/C14H20N2O/c1-14(2)11(12(14)15)9-5-7-10(8-6-9)13(17)16(3)4/h5-8,11-12H,15H2,1-4H3/t11-,12-/m0/s1. The fourth-order valence-electron chi connectivity index (χ4n) is 2.41. The summed E-state index contributed by atoms with van der Waals surface area (Å²) in [5.41, 5.74) is 8.20. The zero-order valence-electron chi connectivity index (χ0n) is 10.9. The molecule has 0 spiro atoms. The molecule has 2 rings (SSSR count). The van der Waals surface area contributed by atoms with E-state index in [0.717, 1.165) is 5.56 Å². The van der Waals surface area contributed by atoms with Crippen molar-refractivity contribution in [3.63, 3.8) is 0 Å². The molecular formula is C14H20N2O. The number of hydrogen-bond acceptors (Lipinski definition) is 2. The summed E-state index contributed by atoms with van der Waals surface area (Å²) in [6.45, 7) is 4.36. The van der Waals surface area contributed by atoms with Crippen LogP contribution >= 0.6 is 0 Å². The zero-order valence-corrected chi connectivity index (χ0v) is 10.9. The number of carbonyl (C=O) groups excluding carboxylic acids is 1. The van der Waals surface area contributed by atoms with Crippen LogP contribution in [0.15, 0.2) is 24.3 Å². The van der Waals surface area contributed by atoms with E-state index in [-0.39, 0.29) is 17.4 Å². The van der Waals surface area contributed by atoms with E-state index < -0.39 is 0 Å². The first-order valence-electron chi connectivity index (χ1n) is 5.93. The van der Waals surface area contributed by atoms with Crippen LogP contribution in [0.3, 0.4) is 0 Å². The van der Waals surface area contributed by atoms with E-state index in [4.69, 9.17) is 5.73 Å². The summed E-state index contributed by atoms with van der Waals surface area (Å²) in [6.07, 6.45) is 0. The Morgan fingerprint density at radius 3 is 2.06 bits per heavy atom. The van der Waals surface area contributed by atoms with E-state index in [9.17, 15) is 4.79 Å². The topological polar surface area (TPSA) is 46.3 Å². The maximum absolute atomic E-state index is 11.7. The predicted molar refractivity (Wildman–Crippen MR) is 69.0 cm³/mol. The molecule has 1 fully saturated rings. The van der Waals surface area contributed by atoms with Gasteiger partial charge in [-0.15, -0.1) is 0 Å². The molecule has 0 bridgehead atoms. The van der Waals surface area contributed by atoms with Crippen molar-refractivity contribution in [1.82, 2.24) is 4.90 Å². The van der Waals surface area contributed by atoms with Gasteiger partial charge in [0.2, 0.25) is 0 Å². The van der Waals surface area contributed by atoms with E-state index in [1.54, 1.807) is 19.0 Å². The monoisotopic (exact) mass is 232 g/mol. The second-order valence-corrected chi connectivity index (χ2v) is 5.65. The van der Waals surface area contributed by atoms with Crippen molar-refractivity contribution in [3.05, 3.63) is 35.4 Å². The molecule has 0 unspecified atom stereocenters. The molecule has 0 radical (unpaired) electrons. The van der Waals surface area contributed by atoms with Gasteiger partial charge in [-0.3, -0.25) is 4.79 Å². The SMILES string of the molecule is CN(C)C(=O)c1ccc([C@H]2[C@H](N)C2(C)C)cc1. The molecule has 0 aliphatic heterocycles. The molecule has 0 saturated heterocycles. The van der Waals surface area contributed by atoms with Gasteiger partial charge in [0.15, 0.2) is 0 Å². The molecule has 1 amide bonds. The molecule has 0 aromatic heterocycles. The van der Waals surface area contributed by atoms with Crippen LogP contribution in [0.5, 0.6) is 0 Å². The summed E-state index contributed by atoms with van der Waals surface area (Å²) in [7, 11) is 3.52. The summed E-state index contributed by atoms with van der Waals surface area (Å²) in [6, 6.07) is 8.06. The normalized spacial score (nSPS) is 25.5. The molecule has 1 aromatic carbocycles. The minimum atomic E-state index is 0.0379. The Morgan fingerprint density at radius 1 is 1.24 bits per heavy atom. The number of amides is 1. The van der Waals surface area contributed by atoms with Crippen molar-refractivity contribution in [1.29, 1.82) is 0 Å². The summed E-state index contributed by atoms with van der Waals surface area (Å²) in [5.74, 6) is 0.460. The van der Waals surface area contributed by atoms with Gasteiger partial charge in [0, 0.05) is 31.6 Å². The maximum Gasteiger partial charge on any atom is 0.253 e. The molecule has 0 heterocycles. The lowest BCUT2D eigenvalue weighted by molar-refractivity contribution is 0.0827. The van der Waals surface area contributed by atoms with Gasteiger partial charge >= 0.3 is 0 Å². The molecule has 1 aliphatic rings. The second-order valence-electron chi connectivity index (χ2n) is 5.65. The Morgan fingerprint density at radius 2 is 1.71 bits per heavy atom. The smallest absolute Gasteiger partial charge is 0.253 e. The van der Waals surface area contributed by atoms with E-state index in [2.05, 4.69) is 13.8 Å². The fourth-order valence-corrected chi connectivity index (χ4v) is 2.41. The van der Waals surface area contributed by atoms with Crippen molar-refractivity contribution < 1.29 is 4.79 Å². The molecule has 2 N–H and O–H groups in total. The van der Waals surface area contributed by atoms with Crippen LogP contribution in [-0.2, 0) is 0 Å². The van der Waals surface area contributed by atoms with Gasteiger partial charge in [-0.25, -0.2) is 0 Å². The highest BCUT2D eigenvalue weighted by Crippen LogP contribution is 2.57. The average molecular weight is 232 g/mol. The number of nitrogens with two attached hydrogens (primary N) is 1. The Kier molecular flexibility index (Phi) is 2.74. The highest BCUT2D eigenvalue weighted by molar-refractivity contribution is 5.93. The molecule has 3 nitrogen and oxygen atoms in total. The van der Waals surface area contributed by atoms with Gasteiger partial charge in [-0.05, 0) is 23.1 Å². The third kappa shape index (κ3) is 1.95. The molecule has 1 aromatic rings. The number of hydrogen-bond donors (Lipinski definition) is 1. The fraction of sp³-hybridized carbons (Fsp3) is 0.500. The lowest BCUT2D eigenvalue weighted by Gasteiger charge is -2.10. The van der Waals surface area contributed by atoms with Crippen LogP contribution in [0.2, 0.25) is 0 Å². The van der Waals surface area contributed by atoms with Gasteiger partial charge in [0.1, 0.15) is 0 Å². The van der Waals surface area contributed by atoms with Gasteiger partial charge < -0.3 is 10.6 Å². The third-order valence-electron chi connectivity index (χ3n) is 3.83. The molecular weight excluding hydrogens is 212 g/mol. The number of nitrogens with zero attached hydrogens (tertiary/aromatic N) is 1. The number of benzene rings is 1. The van der Waals surface area contributed by atoms with Crippen molar-refractivity contribution in [2.75, 3.05) is 14.1 Å². The van der Waals surface area contributed by atoms with Crippen LogP contribution in [-0.4, -0.2) is 30.9 Å². The molecule has 3 heteroatoms. The van der Waals surface area contributed by atoms with Crippen LogP contribution in [0.4, 0.5) is 0 Å². The van der Waals surface area contributed by atoms with Crippen molar-refractivity contribution in [2.24, 2.45) is 11.1 Å². The maximum atomic E-state index is 11.7. The lowest BCUT2D eigenvalue weighted by atomic mass is 10.0. The van der Waals surface area contributed by atoms with E-state index >= 15 is 0 Å². The summed E-state index contributed by atoms with van der Waals surface area (Å²) < 4.78 is 0. The van der Waals surface area contributed by atoms with Crippen LogP contribution in [0.1, 0.15) is 35.7 Å². The van der Waals surface area contributed by atoms with Crippen molar-refractivity contribution >= 4 is 5.91 Å². The van der Waals surface area contributed by atoms with E-state index in [0.29, 0.717) is 5.92 Å². The summed E-state index contributed by atoms with van der Waals surface area (Å²) >= 11 is 0. The second kappa shape index (κ2) is 3.84. The van der Waals surface area contributed by atoms with Crippen LogP contribution in [0.25, 0.3) is 0 Å². The molecule has 1 aliphatic carbocycles. The van der Waals surface area contributed by atoms with Gasteiger partial charge in [0.05, 0.1) is 0 Å². The van der Waals surface area contributed by atoms with Crippen molar-refractivity contribution in [3.8, 4) is 0 Å². The molecule has 1 saturated carbocycles. The summed E-state index contributed by atoms with van der Waals surface area (Å²) in [4.78, 5) is 13.3.